The molecule has 6 nitrogen and oxygen atoms in total. The summed E-state index contributed by atoms with van der Waals surface area (Å²) in [7, 11) is 1.60. The first-order chi connectivity index (χ1) is 16.5. The molecule has 2 amide bonds. The Labute approximate surface area is 203 Å². The zero-order chi connectivity index (χ0) is 24.1. The number of ether oxygens (including phenoxy) is 2. The van der Waals surface area contributed by atoms with E-state index in [1.165, 1.54) is 11.8 Å². The number of nitrogens with one attached hydrogen (secondary N) is 1. The van der Waals surface area contributed by atoms with Gasteiger partial charge in [0.25, 0.3) is 11.8 Å². The molecule has 3 aromatic rings. The molecular formula is C27H24N2O4S. The number of methoxy groups -OCH3 is 1. The minimum atomic E-state index is -0.222. The number of amides is 2. The highest BCUT2D eigenvalue weighted by molar-refractivity contribution is 7.99. The fraction of sp³-hybridized carbons (Fsp3) is 0.185. The number of benzene rings is 3. The van der Waals surface area contributed by atoms with Crippen LogP contribution in [0.2, 0.25) is 0 Å². The van der Waals surface area contributed by atoms with Crippen LogP contribution < -0.4 is 15.0 Å². The van der Waals surface area contributed by atoms with Crippen molar-refractivity contribution in [3.63, 3.8) is 0 Å². The van der Waals surface area contributed by atoms with Crippen molar-refractivity contribution in [2.75, 3.05) is 37.1 Å². The van der Waals surface area contributed by atoms with E-state index in [2.05, 4.69) is 11.2 Å². The van der Waals surface area contributed by atoms with Crippen molar-refractivity contribution in [1.82, 2.24) is 0 Å². The molecule has 1 aliphatic rings. The second-order valence-electron chi connectivity index (χ2n) is 7.63. The number of terminal acetylenes is 1. The van der Waals surface area contributed by atoms with E-state index in [1.807, 2.05) is 43.3 Å². The Hall–Kier alpha value is -3.73. The summed E-state index contributed by atoms with van der Waals surface area (Å²) < 4.78 is 10.7. The molecule has 34 heavy (non-hydrogen) atoms. The molecule has 172 valence electrons. The highest BCUT2D eigenvalue weighted by Crippen LogP contribution is 2.42. The van der Waals surface area contributed by atoms with Gasteiger partial charge in [-0.15, -0.1) is 6.42 Å². The summed E-state index contributed by atoms with van der Waals surface area (Å²) in [6, 6.07) is 18.3. The maximum atomic E-state index is 13.3. The highest BCUT2D eigenvalue weighted by Gasteiger charge is 2.27. The quantitative estimate of drug-likeness (QED) is 0.386. The molecule has 0 saturated carbocycles. The van der Waals surface area contributed by atoms with Crippen molar-refractivity contribution in [2.45, 2.75) is 16.7 Å². The normalized spacial score (nSPS) is 12.3. The molecule has 7 heteroatoms. The lowest BCUT2D eigenvalue weighted by Crippen LogP contribution is -2.34. The first-order valence-corrected chi connectivity index (χ1v) is 11.5. The Kier molecular flexibility index (Phi) is 7.21. The second kappa shape index (κ2) is 10.5. The second-order valence-corrected chi connectivity index (χ2v) is 8.72. The van der Waals surface area contributed by atoms with E-state index >= 15 is 0 Å². The summed E-state index contributed by atoms with van der Waals surface area (Å²) in [5.74, 6) is 2.84. The van der Waals surface area contributed by atoms with Crippen molar-refractivity contribution in [3.05, 3.63) is 77.4 Å². The summed E-state index contributed by atoms with van der Waals surface area (Å²) >= 11 is 1.50. The fourth-order valence-corrected chi connectivity index (χ4v) is 4.85. The molecule has 3 aromatic carbocycles. The van der Waals surface area contributed by atoms with Crippen LogP contribution in [0.4, 0.5) is 11.4 Å². The third-order valence-corrected chi connectivity index (χ3v) is 6.52. The molecular weight excluding hydrogens is 448 g/mol. The Bertz CT molecular complexity index is 1280. The zero-order valence-electron chi connectivity index (χ0n) is 19.0. The van der Waals surface area contributed by atoms with Crippen LogP contribution in [-0.2, 0) is 4.74 Å². The smallest absolute Gasteiger partial charge is 0.259 e. The number of hydrogen-bond acceptors (Lipinski definition) is 5. The fourth-order valence-electron chi connectivity index (χ4n) is 3.73. The minimum absolute atomic E-state index is 0.100. The molecule has 0 saturated heterocycles. The number of fused-ring (bicyclic) bond motifs is 2. The monoisotopic (exact) mass is 472 g/mol. The van der Waals surface area contributed by atoms with Gasteiger partial charge in [0, 0.05) is 27.6 Å². The number of hydrogen-bond donors (Lipinski definition) is 1. The summed E-state index contributed by atoms with van der Waals surface area (Å²) in [6.07, 6.45) is 5.26. The first-order valence-electron chi connectivity index (χ1n) is 10.7. The van der Waals surface area contributed by atoms with E-state index in [-0.39, 0.29) is 18.4 Å². The molecule has 0 bridgehead atoms. The first kappa shape index (κ1) is 23.4. The van der Waals surface area contributed by atoms with Gasteiger partial charge in [0.05, 0.1) is 25.0 Å². The summed E-state index contributed by atoms with van der Waals surface area (Å²) in [4.78, 5) is 29.6. The standard InChI is InChI=1S/C27H24N2O4S/c1-4-14-33-15-13-29-22-11-10-20(28-26(30)19-9-12-23(32-3)18(2)16-19)17-25(22)34-24-8-6-5-7-21(24)27(29)31/h1,5-12,16-17H,13-15H2,2-3H3,(H,28,30). The van der Waals surface area contributed by atoms with Gasteiger partial charge in [0.15, 0.2) is 0 Å². The molecule has 0 fully saturated rings. The molecule has 0 atom stereocenters. The summed E-state index contributed by atoms with van der Waals surface area (Å²) in [5, 5.41) is 2.96. The van der Waals surface area contributed by atoms with Crippen molar-refractivity contribution >= 4 is 35.0 Å². The van der Waals surface area contributed by atoms with E-state index < -0.39 is 0 Å². The van der Waals surface area contributed by atoms with Crippen LogP contribution in [0.25, 0.3) is 0 Å². The number of rotatable bonds is 7. The van der Waals surface area contributed by atoms with Crippen LogP contribution in [0.5, 0.6) is 5.75 Å². The summed E-state index contributed by atoms with van der Waals surface area (Å²) in [5.41, 5.74) is 3.44. The van der Waals surface area contributed by atoms with Crippen LogP contribution in [0.15, 0.2) is 70.5 Å². The molecule has 1 aliphatic heterocycles. The van der Waals surface area contributed by atoms with Crippen LogP contribution in [0.3, 0.4) is 0 Å². The lowest BCUT2D eigenvalue weighted by atomic mass is 10.1. The molecule has 1 heterocycles. The third kappa shape index (κ3) is 4.93. The van der Waals surface area contributed by atoms with Gasteiger partial charge in [-0.2, -0.15) is 0 Å². The Morgan fingerprint density at radius 1 is 1.12 bits per heavy atom. The van der Waals surface area contributed by atoms with Gasteiger partial charge in [0.2, 0.25) is 0 Å². The van der Waals surface area contributed by atoms with Crippen molar-refractivity contribution < 1.29 is 19.1 Å². The largest absolute Gasteiger partial charge is 0.496 e. The average molecular weight is 473 g/mol. The van der Waals surface area contributed by atoms with Gasteiger partial charge in [-0.1, -0.05) is 29.8 Å². The van der Waals surface area contributed by atoms with E-state index in [9.17, 15) is 9.59 Å². The molecule has 4 rings (SSSR count). The maximum absolute atomic E-state index is 13.3. The molecule has 0 aliphatic carbocycles. The van der Waals surface area contributed by atoms with Crippen LogP contribution >= 0.6 is 11.8 Å². The molecule has 0 spiro atoms. The van der Waals surface area contributed by atoms with Crippen molar-refractivity contribution in [3.8, 4) is 18.1 Å². The van der Waals surface area contributed by atoms with E-state index in [0.717, 1.165) is 26.8 Å². The number of aryl methyl sites for hydroxylation is 1. The predicted molar refractivity (Wildman–Crippen MR) is 134 cm³/mol. The van der Waals surface area contributed by atoms with E-state index in [4.69, 9.17) is 15.9 Å². The van der Waals surface area contributed by atoms with Gasteiger partial charge in [-0.25, -0.2) is 0 Å². The van der Waals surface area contributed by atoms with Gasteiger partial charge in [-0.05, 0) is 61.0 Å². The SMILES string of the molecule is C#CCOCCN1C(=O)c2ccccc2Sc2cc(NC(=O)c3ccc(OC)c(C)c3)ccc21. The predicted octanol–water partition coefficient (Wildman–Crippen LogP) is 5.02. The van der Waals surface area contributed by atoms with E-state index in [1.54, 1.807) is 36.3 Å². The minimum Gasteiger partial charge on any atom is -0.496 e. The lowest BCUT2D eigenvalue weighted by molar-refractivity contribution is 0.0967. The van der Waals surface area contributed by atoms with E-state index in [0.29, 0.717) is 30.0 Å². The van der Waals surface area contributed by atoms with Crippen molar-refractivity contribution in [2.24, 2.45) is 0 Å². The van der Waals surface area contributed by atoms with Gasteiger partial charge in [0.1, 0.15) is 12.4 Å². The number of anilines is 2. The van der Waals surface area contributed by atoms with Gasteiger partial charge < -0.3 is 19.7 Å². The zero-order valence-corrected chi connectivity index (χ0v) is 19.8. The van der Waals surface area contributed by atoms with Gasteiger partial charge >= 0.3 is 0 Å². The van der Waals surface area contributed by atoms with Gasteiger partial charge in [-0.3, -0.25) is 9.59 Å². The number of carbonyl (C=O) groups is 2. The topological polar surface area (TPSA) is 67.9 Å². The molecule has 1 N–H and O–H groups in total. The third-order valence-electron chi connectivity index (χ3n) is 5.39. The van der Waals surface area contributed by atoms with Crippen molar-refractivity contribution in [1.29, 1.82) is 0 Å². The Balaban J connectivity index is 1.63. The summed E-state index contributed by atoms with van der Waals surface area (Å²) in [6.45, 7) is 2.76. The Morgan fingerprint density at radius 2 is 1.94 bits per heavy atom. The number of carbonyl (C=O) groups excluding carboxylic acids is 2. The van der Waals surface area contributed by atoms with Crippen LogP contribution in [0, 0.1) is 19.3 Å². The lowest BCUT2D eigenvalue weighted by Gasteiger charge is -2.23. The Morgan fingerprint density at radius 3 is 2.71 bits per heavy atom. The van der Waals surface area contributed by atoms with Crippen LogP contribution in [0.1, 0.15) is 26.3 Å². The molecule has 0 unspecified atom stereocenters. The molecule has 0 aromatic heterocycles. The maximum Gasteiger partial charge on any atom is 0.259 e. The number of nitrogens with zero attached hydrogens (tertiary/aromatic N) is 1. The highest BCUT2D eigenvalue weighted by atomic mass is 32.2. The van der Waals surface area contributed by atoms with Crippen LogP contribution in [-0.4, -0.2) is 38.7 Å². The average Bonchev–Trinajstić information content (AvgIpc) is 2.95. The molecule has 0 radical (unpaired) electrons.